The first-order valence-electron chi connectivity index (χ1n) is 13.8. The lowest BCUT2D eigenvalue weighted by Crippen LogP contribution is -2.57. The van der Waals surface area contributed by atoms with Gasteiger partial charge in [-0.25, -0.2) is 9.59 Å². The number of carbonyl (C=O) groups excluding carboxylic acids is 3. The highest BCUT2D eigenvalue weighted by Crippen LogP contribution is 2.23. The third-order valence-corrected chi connectivity index (χ3v) is 7.00. The molecule has 0 unspecified atom stereocenters. The molecule has 10 nitrogen and oxygen atoms in total. The number of halogens is 3. The van der Waals surface area contributed by atoms with E-state index in [0.717, 1.165) is 16.9 Å². The van der Waals surface area contributed by atoms with Gasteiger partial charge in [0.2, 0.25) is 11.8 Å². The number of carbonyl (C=O) groups is 4. The van der Waals surface area contributed by atoms with Crippen LogP contribution in [0.5, 0.6) is 5.75 Å². The zero-order chi connectivity index (χ0) is 32.2. The molecule has 4 N–H and O–H groups in total. The molecule has 4 atom stereocenters. The van der Waals surface area contributed by atoms with Gasteiger partial charge in [0, 0.05) is 6.54 Å². The number of benzene rings is 2. The van der Waals surface area contributed by atoms with Crippen LogP contribution in [0.15, 0.2) is 54.6 Å². The summed E-state index contributed by atoms with van der Waals surface area (Å²) >= 11 is 0. The van der Waals surface area contributed by atoms with Gasteiger partial charge in [-0.3, -0.25) is 9.59 Å². The summed E-state index contributed by atoms with van der Waals surface area (Å²) in [5, 5.41) is 10.00. The Morgan fingerprint density at radius 1 is 1.07 bits per heavy atom. The van der Waals surface area contributed by atoms with Gasteiger partial charge in [0.1, 0.15) is 24.4 Å². The molecule has 1 aliphatic heterocycles. The monoisotopic (exact) mass is 609 g/mol. The molecule has 0 saturated carbocycles. The number of esters is 1. The van der Waals surface area contributed by atoms with Crippen molar-refractivity contribution in [2.75, 3.05) is 13.7 Å². The van der Waals surface area contributed by atoms with Gasteiger partial charge in [-0.05, 0) is 48.4 Å². The summed E-state index contributed by atoms with van der Waals surface area (Å²) in [6.07, 6.45) is -2.83. The maximum absolute atomic E-state index is 13.6. The van der Waals surface area contributed by atoms with Crippen molar-refractivity contribution in [2.24, 2.45) is 11.7 Å². The van der Waals surface area contributed by atoms with Crippen LogP contribution in [0.3, 0.4) is 0 Å². The first-order valence-corrected chi connectivity index (χ1v) is 13.8. The van der Waals surface area contributed by atoms with Crippen LogP contribution in [0.25, 0.3) is 0 Å². The molecule has 2 aromatic rings. The van der Waals surface area contributed by atoms with Crippen LogP contribution in [-0.4, -0.2) is 71.7 Å². The number of likely N-dealkylation sites (tertiary alicyclic amines) is 1. The number of methoxy groups -OCH3 is 1. The molecule has 0 aromatic heterocycles. The average molecular weight is 610 g/mol. The summed E-state index contributed by atoms with van der Waals surface area (Å²) in [5.74, 6) is -3.25. The van der Waals surface area contributed by atoms with Crippen LogP contribution in [0.4, 0.5) is 13.2 Å². The smallest absolute Gasteiger partial charge is 0.490 e. The third-order valence-electron chi connectivity index (χ3n) is 7.00. The number of nitrogens with two attached hydrogens (primary N) is 1. The van der Waals surface area contributed by atoms with Crippen molar-refractivity contribution < 1.29 is 46.9 Å². The number of aliphatic carboxylic acids is 1. The van der Waals surface area contributed by atoms with E-state index < -0.39 is 42.1 Å². The fourth-order valence-corrected chi connectivity index (χ4v) is 4.33. The molecule has 1 aliphatic rings. The number of alkyl halides is 3. The van der Waals surface area contributed by atoms with Gasteiger partial charge in [-0.2, -0.15) is 13.2 Å². The van der Waals surface area contributed by atoms with Crippen LogP contribution in [-0.2, 0) is 36.9 Å². The van der Waals surface area contributed by atoms with Gasteiger partial charge in [0.05, 0.1) is 13.2 Å². The molecule has 1 heterocycles. The fourth-order valence-electron chi connectivity index (χ4n) is 4.33. The van der Waals surface area contributed by atoms with Gasteiger partial charge in [-0.1, -0.05) is 62.7 Å². The second kappa shape index (κ2) is 16.5. The van der Waals surface area contributed by atoms with Gasteiger partial charge in [0.15, 0.2) is 0 Å². The lowest BCUT2D eigenvalue weighted by atomic mass is 9.96. The summed E-state index contributed by atoms with van der Waals surface area (Å²) < 4.78 is 42.4. The number of rotatable bonds is 11. The molecule has 0 radical (unpaired) electrons. The molecule has 0 spiro atoms. The summed E-state index contributed by atoms with van der Waals surface area (Å²) in [5.41, 5.74) is 7.97. The second-order valence-electron chi connectivity index (χ2n) is 10.1. The van der Waals surface area contributed by atoms with E-state index in [1.165, 1.54) is 0 Å². The van der Waals surface area contributed by atoms with E-state index in [9.17, 15) is 27.6 Å². The predicted octanol–water partition coefficient (Wildman–Crippen LogP) is 3.46. The summed E-state index contributed by atoms with van der Waals surface area (Å²) in [4.78, 5) is 49.8. The average Bonchev–Trinajstić information content (AvgIpc) is 3.49. The highest BCUT2D eigenvalue weighted by atomic mass is 19.4. The van der Waals surface area contributed by atoms with Gasteiger partial charge < -0.3 is 30.5 Å². The Morgan fingerprint density at radius 3 is 2.21 bits per heavy atom. The van der Waals surface area contributed by atoms with Crippen molar-refractivity contribution >= 4 is 23.8 Å². The summed E-state index contributed by atoms with van der Waals surface area (Å²) in [6, 6.07) is 14.5. The van der Waals surface area contributed by atoms with Crippen LogP contribution in [0.2, 0.25) is 0 Å². The maximum Gasteiger partial charge on any atom is 0.490 e. The number of carboxylic acid groups (broad SMARTS) is 1. The zero-order valence-corrected chi connectivity index (χ0v) is 24.3. The lowest BCUT2D eigenvalue weighted by Gasteiger charge is -2.31. The van der Waals surface area contributed by atoms with Gasteiger partial charge >= 0.3 is 18.1 Å². The Hall–Kier alpha value is -4.13. The lowest BCUT2D eigenvalue weighted by molar-refractivity contribution is -0.192. The van der Waals surface area contributed by atoms with E-state index >= 15 is 0 Å². The number of carboxylic acids is 1. The van der Waals surface area contributed by atoms with E-state index in [0.29, 0.717) is 32.2 Å². The topological polar surface area (TPSA) is 148 Å². The Morgan fingerprint density at radius 2 is 1.67 bits per heavy atom. The molecular weight excluding hydrogens is 571 g/mol. The first kappa shape index (κ1) is 35.1. The van der Waals surface area contributed by atoms with E-state index in [1.807, 2.05) is 68.4 Å². The fraction of sp³-hybridized carbons (Fsp3) is 0.467. The summed E-state index contributed by atoms with van der Waals surface area (Å²) in [6.45, 7) is 4.48. The quantitative estimate of drug-likeness (QED) is 0.328. The predicted molar refractivity (Wildman–Crippen MR) is 151 cm³/mol. The van der Waals surface area contributed by atoms with Crippen LogP contribution in [0.1, 0.15) is 44.2 Å². The van der Waals surface area contributed by atoms with Crippen molar-refractivity contribution in [1.29, 1.82) is 0 Å². The number of nitrogens with one attached hydrogen (secondary N) is 1. The van der Waals surface area contributed by atoms with Crippen molar-refractivity contribution in [1.82, 2.24) is 10.2 Å². The number of amides is 2. The molecular formula is C30H38F3N3O7. The Bertz CT molecular complexity index is 1210. The Kier molecular flexibility index (Phi) is 13.5. The highest BCUT2D eigenvalue weighted by molar-refractivity contribution is 5.92. The normalized spacial score (nSPS) is 16.6. The molecule has 2 amide bonds. The van der Waals surface area contributed by atoms with E-state index in [-0.39, 0.29) is 18.4 Å². The van der Waals surface area contributed by atoms with Gasteiger partial charge in [-0.15, -0.1) is 0 Å². The number of hydrogen-bond acceptors (Lipinski definition) is 7. The van der Waals surface area contributed by atoms with E-state index in [4.69, 9.17) is 25.1 Å². The van der Waals surface area contributed by atoms with E-state index in [2.05, 4.69) is 5.32 Å². The van der Waals surface area contributed by atoms with Gasteiger partial charge in [0.25, 0.3) is 0 Å². The highest BCUT2D eigenvalue weighted by Gasteiger charge is 2.40. The van der Waals surface area contributed by atoms with Crippen molar-refractivity contribution in [2.45, 2.75) is 70.4 Å². The van der Waals surface area contributed by atoms with Crippen molar-refractivity contribution in [3.8, 4) is 5.75 Å². The molecule has 236 valence electrons. The minimum absolute atomic E-state index is 0.128. The number of nitrogens with zero attached hydrogens (tertiary/aromatic N) is 1. The number of hydrogen-bond donors (Lipinski definition) is 3. The molecule has 1 saturated heterocycles. The molecule has 43 heavy (non-hydrogen) atoms. The zero-order valence-electron chi connectivity index (χ0n) is 24.3. The summed E-state index contributed by atoms with van der Waals surface area (Å²) in [7, 11) is 1.59. The molecule has 0 bridgehead atoms. The molecule has 13 heteroatoms. The maximum atomic E-state index is 13.6. The number of ether oxygens (including phenoxy) is 2. The minimum Gasteiger partial charge on any atom is -0.497 e. The molecule has 3 rings (SSSR count). The van der Waals surface area contributed by atoms with E-state index in [1.54, 1.807) is 12.0 Å². The second-order valence-corrected chi connectivity index (χ2v) is 10.1. The van der Waals surface area contributed by atoms with Crippen LogP contribution < -0.4 is 15.8 Å². The molecule has 2 aromatic carbocycles. The minimum atomic E-state index is -5.08. The first-order chi connectivity index (χ1) is 20.3. The third kappa shape index (κ3) is 10.9. The largest absolute Gasteiger partial charge is 0.497 e. The molecule has 0 aliphatic carbocycles. The Balaban J connectivity index is 0.000000821. The van der Waals surface area contributed by atoms with Crippen LogP contribution >= 0.6 is 0 Å². The van der Waals surface area contributed by atoms with Crippen molar-refractivity contribution in [3.05, 3.63) is 65.7 Å². The van der Waals surface area contributed by atoms with Crippen molar-refractivity contribution in [3.63, 3.8) is 0 Å². The van der Waals surface area contributed by atoms with Crippen LogP contribution in [0, 0.1) is 5.92 Å². The SMILES string of the molecule is CC[C@H](C)[C@H](NC(=O)[C@H](N)Cc1ccc(OC)cc1)C(=O)N1CCC[C@@H]1C(=O)OCc1ccccc1.O=C(O)C(F)(F)F. The Labute approximate surface area is 248 Å². The molecule has 1 fully saturated rings. The standard InChI is InChI=1S/C28H37N3O5.C2HF3O2/c1-4-19(2)25(30-26(32)23(29)17-20-12-14-22(35-3)15-13-20)27(33)31-16-8-11-24(31)28(34)36-18-21-9-6-5-7-10-21;3-2(4,5)1(6)7/h5-7,9-10,12-15,19,23-25H,4,8,11,16-18,29H2,1-3H3,(H,30,32);(H,6,7)/t19-,23+,24+,25-;/m0./s1.